The normalized spacial score (nSPS) is 10.6. The molecule has 2 aromatic heterocycles. The second-order valence-electron chi connectivity index (χ2n) is 4.52. The predicted molar refractivity (Wildman–Crippen MR) is 75.9 cm³/mol. The SMILES string of the molecule is COc1ccc(-c2nc(-c3cc(C)ccn3)no2)c(O)c1. The summed E-state index contributed by atoms with van der Waals surface area (Å²) in [5.74, 6) is 1.18. The molecule has 1 aromatic carbocycles. The van der Waals surface area contributed by atoms with Crippen LogP contribution in [0.25, 0.3) is 23.0 Å². The third-order valence-corrected chi connectivity index (χ3v) is 3.01. The van der Waals surface area contributed by atoms with Gasteiger partial charge in [-0.05, 0) is 36.8 Å². The summed E-state index contributed by atoms with van der Waals surface area (Å²) in [5, 5.41) is 13.9. The number of benzene rings is 1. The van der Waals surface area contributed by atoms with Crippen LogP contribution in [-0.4, -0.2) is 27.3 Å². The van der Waals surface area contributed by atoms with Gasteiger partial charge in [0.25, 0.3) is 5.89 Å². The van der Waals surface area contributed by atoms with Crippen molar-refractivity contribution in [2.24, 2.45) is 0 Å². The minimum atomic E-state index is 0.0155. The Kier molecular flexibility index (Phi) is 3.27. The Bertz CT molecular complexity index is 783. The fraction of sp³-hybridized carbons (Fsp3) is 0.133. The molecule has 0 bridgehead atoms. The van der Waals surface area contributed by atoms with Crippen molar-refractivity contribution in [3.63, 3.8) is 0 Å². The number of hydrogen-bond acceptors (Lipinski definition) is 6. The molecule has 0 spiro atoms. The van der Waals surface area contributed by atoms with Gasteiger partial charge >= 0.3 is 0 Å². The Hall–Kier alpha value is -2.89. The number of nitrogens with zero attached hydrogens (tertiary/aromatic N) is 3. The third-order valence-electron chi connectivity index (χ3n) is 3.01. The molecule has 0 atom stereocenters. The van der Waals surface area contributed by atoms with Gasteiger partial charge in [0.15, 0.2) is 0 Å². The molecular weight excluding hydrogens is 270 g/mol. The molecule has 0 saturated carbocycles. The van der Waals surface area contributed by atoms with E-state index in [0.717, 1.165) is 5.56 Å². The first-order valence-corrected chi connectivity index (χ1v) is 6.31. The van der Waals surface area contributed by atoms with Crippen LogP contribution < -0.4 is 4.74 Å². The summed E-state index contributed by atoms with van der Waals surface area (Å²) in [4.78, 5) is 8.47. The Labute approximate surface area is 121 Å². The monoisotopic (exact) mass is 283 g/mol. The summed E-state index contributed by atoms with van der Waals surface area (Å²) < 4.78 is 10.2. The lowest BCUT2D eigenvalue weighted by Crippen LogP contribution is -1.87. The topological polar surface area (TPSA) is 81.3 Å². The van der Waals surface area contributed by atoms with Gasteiger partial charge in [0.2, 0.25) is 5.82 Å². The zero-order valence-electron chi connectivity index (χ0n) is 11.6. The number of methoxy groups -OCH3 is 1. The average molecular weight is 283 g/mol. The lowest BCUT2D eigenvalue weighted by Gasteiger charge is -2.02. The number of phenolic OH excluding ortho intramolecular Hbond substituents is 1. The zero-order chi connectivity index (χ0) is 14.8. The van der Waals surface area contributed by atoms with Gasteiger partial charge in [0.1, 0.15) is 17.2 Å². The number of aromatic hydroxyl groups is 1. The highest BCUT2D eigenvalue weighted by molar-refractivity contribution is 5.65. The van der Waals surface area contributed by atoms with Crippen LogP contribution in [0.1, 0.15) is 5.56 Å². The van der Waals surface area contributed by atoms with Crippen molar-refractivity contribution in [2.45, 2.75) is 6.92 Å². The molecule has 21 heavy (non-hydrogen) atoms. The zero-order valence-corrected chi connectivity index (χ0v) is 11.6. The van der Waals surface area contributed by atoms with Crippen LogP contribution in [0.5, 0.6) is 11.5 Å². The second-order valence-corrected chi connectivity index (χ2v) is 4.52. The highest BCUT2D eigenvalue weighted by Crippen LogP contribution is 2.32. The Morgan fingerprint density at radius 3 is 2.76 bits per heavy atom. The number of phenols is 1. The molecule has 0 fully saturated rings. The van der Waals surface area contributed by atoms with E-state index >= 15 is 0 Å². The summed E-state index contributed by atoms with van der Waals surface area (Å²) >= 11 is 0. The van der Waals surface area contributed by atoms with Crippen molar-refractivity contribution in [3.05, 3.63) is 42.1 Å². The minimum absolute atomic E-state index is 0.0155. The fourth-order valence-electron chi connectivity index (χ4n) is 1.91. The van der Waals surface area contributed by atoms with Crippen molar-refractivity contribution in [1.29, 1.82) is 0 Å². The summed E-state index contributed by atoms with van der Waals surface area (Å²) in [6.45, 7) is 1.96. The smallest absolute Gasteiger partial charge is 0.262 e. The van der Waals surface area contributed by atoms with Crippen LogP contribution in [0.15, 0.2) is 41.1 Å². The first-order valence-electron chi connectivity index (χ1n) is 6.31. The summed E-state index contributed by atoms with van der Waals surface area (Å²) in [6, 6.07) is 8.62. The van der Waals surface area contributed by atoms with E-state index in [1.807, 2.05) is 19.1 Å². The first-order chi connectivity index (χ1) is 10.2. The standard InChI is InChI=1S/C15H13N3O3/c1-9-5-6-16-12(7-9)14-17-15(21-18-14)11-4-3-10(20-2)8-13(11)19/h3-8,19H,1-2H3. The van der Waals surface area contributed by atoms with Gasteiger partial charge in [0.05, 0.1) is 12.7 Å². The van der Waals surface area contributed by atoms with Gasteiger partial charge in [-0.3, -0.25) is 4.98 Å². The number of hydrogen-bond donors (Lipinski definition) is 1. The predicted octanol–water partition coefficient (Wildman–Crippen LogP) is 2.82. The van der Waals surface area contributed by atoms with Crippen molar-refractivity contribution < 1.29 is 14.4 Å². The van der Waals surface area contributed by atoms with Crippen LogP contribution in [0.4, 0.5) is 0 Å². The molecule has 0 saturated heterocycles. The largest absolute Gasteiger partial charge is 0.507 e. The first kappa shape index (κ1) is 13.1. The number of ether oxygens (including phenoxy) is 1. The Balaban J connectivity index is 1.98. The maximum absolute atomic E-state index is 9.98. The quantitative estimate of drug-likeness (QED) is 0.796. The van der Waals surface area contributed by atoms with Gasteiger partial charge in [-0.1, -0.05) is 5.16 Å². The van der Waals surface area contributed by atoms with E-state index in [-0.39, 0.29) is 11.6 Å². The van der Waals surface area contributed by atoms with E-state index < -0.39 is 0 Å². The molecule has 0 radical (unpaired) electrons. The molecular formula is C15H13N3O3. The van der Waals surface area contributed by atoms with Crippen LogP contribution >= 0.6 is 0 Å². The number of aromatic nitrogens is 3. The van der Waals surface area contributed by atoms with E-state index in [1.54, 1.807) is 18.3 Å². The van der Waals surface area contributed by atoms with Crippen molar-refractivity contribution in [1.82, 2.24) is 15.1 Å². The van der Waals surface area contributed by atoms with Crippen LogP contribution in [0.2, 0.25) is 0 Å². The van der Waals surface area contributed by atoms with Crippen molar-refractivity contribution in [3.8, 4) is 34.5 Å². The van der Waals surface area contributed by atoms with Crippen LogP contribution in [-0.2, 0) is 0 Å². The molecule has 0 aliphatic carbocycles. The average Bonchev–Trinajstić information content (AvgIpc) is 2.96. The molecule has 6 heteroatoms. The molecule has 2 heterocycles. The van der Waals surface area contributed by atoms with Gasteiger partial charge in [-0.15, -0.1) is 0 Å². The maximum Gasteiger partial charge on any atom is 0.262 e. The van der Waals surface area contributed by atoms with Gasteiger partial charge in [-0.25, -0.2) is 0 Å². The minimum Gasteiger partial charge on any atom is -0.507 e. The highest BCUT2D eigenvalue weighted by atomic mass is 16.5. The summed E-state index contributed by atoms with van der Waals surface area (Å²) in [6.07, 6.45) is 1.69. The molecule has 0 unspecified atom stereocenters. The Morgan fingerprint density at radius 2 is 2.05 bits per heavy atom. The van der Waals surface area contributed by atoms with Gasteiger partial charge in [-0.2, -0.15) is 4.98 Å². The van der Waals surface area contributed by atoms with E-state index in [1.165, 1.54) is 13.2 Å². The van der Waals surface area contributed by atoms with E-state index in [0.29, 0.717) is 22.8 Å². The molecule has 6 nitrogen and oxygen atoms in total. The number of pyridine rings is 1. The lowest BCUT2D eigenvalue weighted by atomic mass is 10.2. The van der Waals surface area contributed by atoms with Crippen molar-refractivity contribution >= 4 is 0 Å². The van der Waals surface area contributed by atoms with E-state index in [9.17, 15) is 5.11 Å². The number of rotatable bonds is 3. The molecule has 1 N–H and O–H groups in total. The molecule has 0 amide bonds. The van der Waals surface area contributed by atoms with Crippen LogP contribution in [0.3, 0.4) is 0 Å². The molecule has 106 valence electrons. The molecule has 3 rings (SSSR count). The maximum atomic E-state index is 9.98. The Morgan fingerprint density at radius 1 is 1.19 bits per heavy atom. The summed E-state index contributed by atoms with van der Waals surface area (Å²) in [7, 11) is 1.53. The second kappa shape index (κ2) is 5.24. The highest BCUT2D eigenvalue weighted by Gasteiger charge is 2.15. The van der Waals surface area contributed by atoms with E-state index in [2.05, 4.69) is 15.1 Å². The molecule has 0 aliphatic heterocycles. The molecule has 0 aliphatic rings. The lowest BCUT2D eigenvalue weighted by molar-refractivity contribution is 0.405. The molecule has 3 aromatic rings. The third kappa shape index (κ3) is 2.55. The number of aryl methyl sites for hydroxylation is 1. The van der Waals surface area contributed by atoms with Gasteiger partial charge < -0.3 is 14.4 Å². The van der Waals surface area contributed by atoms with Crippen LogP contribution in [0, 0.1) is 6.92 Å². The van der Waals surface area contributed by atoms with Gasteiger partial charge in [0, 0.05) is 12.3 Å². The summed E-state index contributed by atoms with van der Waals surface area (Å²) in [5.41, 5.74) is 2.12. The van der Waals surface area contributed by atoms with Crippen molar-refractivity contribution in [2.75, 3.05) is 7.11 Å². The van der Waals surface area contributed by atoms with E-state index in [4.69, 9.17) is 9.26 Å². The fourth-order valence-corrected chi connectivity index (χ4v) is 1.91.